The quantitative estimate of drug-likeness (QED) is 0.769. The fourth-order valence-corrected chi connectivity index (χ4v) is 1.10. The molecular weight excluding hydrogens is 208 g/mol. The minimum atomic E-state index is -0.770. The molecule has 0 bridgehead atoms. The van der Waals surface area contributed by atoms with E-state index in [9.17, 15) is 0 Å². The van der Waals surface area contributed by atoms with Crippen LogP contribution in [0.25, 0.3) is 0 Å². The van der Waals surface area contributed by atoms with Crippen LogP contribution in [-0.2, 0) is 0 Å². The van der Waals surface area contributed by atoms with Gasteiger partial charge in [0, 0.05) is 0 Å². The Morgan fingerprint density at radius 2 is 2.09 bits per heavy atom. The summed E-state index contributed by atoms with van der Waals surface area (Å²) in [5.74, 6) is 0.655. The fourth-order valence-electron chi connectivity index (χ4n) is 0.724. The lowest BCUT2D eigenvalue weighted by Gasteiger charge is -2.09. The second kappa shape index (κ2) is 3.74. The van der Waals surface area contributed by atoms with Crippen LogP contribution in [0.2, 0.25) is 0 Å². The Labute approximate surface area is 73.9 Å². The number of aliphatic hydroxyl groups is 1. The number of aliphatic hydroxyl groups excluding tert-OH is 1. The van der Waals surface area contributed by atoms with Crippen molar-refractivity contribution in [2.75, 3.05) is 0 Å². The second-order valence-electron chi connectivity index (χ2n) is 2.15. The Kier molecular flexibility index (Phi) is 2.91. The largest absolute Gasteiger partial charge is 0.464 e. The summed E-state index contributed by atoms with van der Waals surface area (Å²) in [5.41, 5.74) is 0. The molecule has 0 amide bonds. The van der Waals surface area contributed by atoms with Crippen molar-refractivity contribution in [2.24, 2.45) is 0 Å². The molecule has 1 unspecified atom stereocenters. The summed E-state index contributed by atoms with van der Waals surface area (Å²) in [5, 5.41) is 8.89. The molecular formula is C8H9BrO2. The van der Waals surface area contributed by atoms with E-state index in [4.69, 9.17) is 9.84 Å². The van der Waals surface area contributed by atoms with Crippen LogP contribution in [-0.4, -0.2) is 11.4 Å². The molecule has 0 fully saturated rings. The molecule has 1 aromatic rings. The van der Waals surface area contributed by atoms with Crippen molar-refractivity contribution >= 4 is 15.9 Å². The Bertz CT molecular complexity index is 235. The van der Waals surface area contributed by atoms with Crippen LogP contribution < -0.4 is 4.74 Å². The summed E-state index contributed by atoms with van der Waals surface area (Å²) in [6.07, 6.45) is -0.770. The Balaban J connectivity index is 2.78. The van der Waals surface area contributed by atoms with Gasteiger partial charge >= 0.3 is 0 Å². The number of rotatable bonds is 2. The van der Waals surface area contributed by atoms with E-state index in [1.807, 2.05) is 18.2 Å². The average molecular weight is 217 g/mol. The average Bonchev–Trinajstić information content (AvgIpc) is 1.93. The highest BCUT2D eigenvalue weighted by Crippen LogP contribution is 2.24. The first-order chi connectivity index (χ1) is 5.20. The van der Waals surface area contributed by atoms with E-state index in [2.05, 4.69) is 15.9 Å². The van der Waals surface area contributed by atoms with Gasteiger partial charge in [-0.2, -0.15) is 0 Å². The van der Waals surface area contributed by atoms with E-state index in [1.165, 1.54) is 0 Å². The van der Waals surface area contributed by atoms with Gasteiger partial charge in [0.2, 0.25) is 0 Å². The van der Waals surface area contributed by atoms with Crippen molar-refractivity contribution in [3.63, 3.8) is 0 Å². The van der Waals surface area contributed by atoms with Gasteiger partial charge in [0.1, 0.15) is 5.75 Å². The molecule has 0 spiro atoms. The summed E-state index contributed by atoms with van der Waals surface area (Å²) in [6, 6.07) is 7.38. The minimum Gasteiger partial charge on any atom is -0.464 e. The van der Waals surface area contributed by atoms with Crippen LogP contribution in [0.5, 0.6) is 5.75 Å². The van der Waals surface area contributed by atoms with Crippen molar-refractivity contribution in [1.29, 1.82) is 0 Å². The normalized spacial score (nSPS) is 12.6. The third kappa shape index (κ3) is 2.52. The molecule has 0 aromatic heterocycles. The maximum atomic E-state index is 8.89. The van der Waals surface area contributed by atoms with Crippen LogP contribution in [0.4, 0.5) is 0 Å². The smallest absolute Gasteiger partial charge is 0.194 e. The predicted octanol–water partition coefficient (Wildman–Crippen LogP) is 2.17. The number of hydrogen-bond acceptors (Lipinski definition) is 2. The fraction of sp³-hybridized carbons (Fsp3) is 0.250. The minimum absolute atomic E-state index is 0.655. The second-order valence-corrected chi connectivity index (χ2v) is 3.00. The van der Waals surface area contributed by atoms with Gasteiger partial charge < -0.3 is 9.84 Å². The zero-order valence-corrected chi connectivity index (χ0v) is 7.71. The standard InChI is InChI=1S/C8H9BrO2/c1-6(10)11-8-5-3-2-4-7(8)9/h2-6,10H,1H3. The van der Waals surface area contributed by atoms with Gasteiger partial charge in [0.05, 0.1) is 4.47 Å². The highest BCUT2D eigenvalue weighted by molar-refractivity contribution is 9.10. The summed E-state index contributed by atoms with van der Waals surface area (Å²) in [7, 11) is 0. The molecule has 2 nitrogen and oxygen atoms in total. The van der Waals surface area contributed by atoms with Gasteiger partial charge in [-0.15, -0.1) is 0 Å². The molecule has 3 heteroatoms. The first-order valence-corrected chi connectivity index (χ1v) is 4.08. The molecule has 0 saturated heterocycles. The van der Waals surface area contributed by atoms with Crippen molar-refractivity contribution in [3.8, 4) is 5.75 Å². The summed E-state index contributed by atoms with van der Waals surface area (Å²) >= 11 is 3.29. The van der Waals surface area contributed by atoms with E-state index in [0.717, 1.165) is 4.47 Å². The Hall–Kier alpha value is -0.540. The van der Waals surface area contributed by atoms with Crippen molar-refractivity contribution in [2.45, 2.75) is 13.2 Å². The van der Waals surface area contributed by atoms with E-state index in [1.54, 1.807) is 13.0 Å². The van der Waals surface area contributed by atoms with Crippen LogP contribution in [0.15, 0.2) is 28.7 Å². The van der Waals surface area contributed by atoms with Crippen LogP contribution in [0.3, 0.4) is 0 Å². The van der Waals surface area contributed by atoms with Crippen molar-refractivity contribution in [3.05, 3.63) is 28.7 Å². The Morgan fingerprint density at radius 3 is 2.64 bits per heavy atom. The van der Waals surface area contributed by atoms with E-state index in [-0.39, 0.29) is 0 Å². The molecule has 11 heavy (non-hydrogen) atoms. The third-order valence-corrected chi connectivity index (χ3v) is 1.79. The van der Waals surface area contributed by atoms with Gasteiger partial charge in [-0.3, -0.25) is 0 Å². The van der Waals surface area contributed by atoms with Crippen LogP contribution >= 0.6 is 15.9 Å². The highest BCUT2D eigenvalue weighted by atomic mass is 79.9. The van der Waals surface area contributed by atoms with Gasteiger partial charge in [0.25, 0.3) is 0 Å². The molecule has 60 valence electrons. The van der Waals surface area contributed by atoms with E-state index >= 15 is 0 Å². The monoisotopic (exact) mass is 216 g/mol. The lowest BCUT2D eigenvalue weighted by atomic mass is 10.3. The number of para-hydroxylation sites is 1. The van der Waals surface area contributed by atoms with Crippen molar-refractivity contribution in [1.82, 2.24) is 0 Å². The molecule has 0 heterocycles. The first-order valence-electron chi connectivity index (χ1n) is 3.29. The summed E-state index contributed by atoms with van der Waals surface area (Å²) in [4.78, 5) is 0. The number of halogens is 1. The van der Waals surface area contributed by atoms with Crippen molar-refractivity contribution < 1.29 is 9.84 Å². The maximum Gasteiger partial charge on any atom is 0.194 e. The molecule has 0 aliphatic rings. The number of benzene rings is 1. The summed E-state index contributed by atoms with van der Waals surface area (Å²) in [6.45, 7) is 1.57. The molecule has 1 aromatic carbocycles. The third-order valence-electron chi connectivity index (χ3n) is 1.13. The van der Waals surface area contributed by atoms with Crippen LogP contribution in [0.1, 0.15) is 6.92 Å². The SMILES string of the molecule is CC(O)Oc1ccccc1Br. The zero-order valence-electron chi connectivity index (χ0n) is 6.12. The van der Waals surface area contributed by atoms with Gasteiger partial charge in [-0.25, -0.2) is 0 Å². The topological polar surface area (TPSA) is 29.5 Å². The molecule has 1 atom stereocenters. The number of hydrogen-bond donors (Lipinski definition) is 1. The molecule has 1 N–H and O–H groups in total. The lowest BCUT2D eigenvalue weighted by Crippen LogP contribution is -2.09. The maximum absolute atomic E-state index is 8.89. The van der Waals surface area contributed by atoms with Crippen LogP contribution in [0, 0.1) is 0 Å². The number of ether oxygens (including phenoxy) is 1. The Morgan fingerprint density at radius 1 is 1.45 bits per heavy atom. The van der Waals surface area contributed by atoms with Gasteiger partial charge in [0.15, 0.2) is 6.29 Å². The zero-order chi connectivity index (χ0) is 8.27. The first kappa shape index (κ1) is 8.56. The van der Waals surface area contributed by atoms with E-state index in [0.29, 0.717) is 5.75 Å². The molecule has 0 saturated carbocycles. The molecule has 0 aliphatic carbocycles. The highest BCUT2D eigenvalue weighted by Gasteiger charge is 2.01. The molecule has 0 aliphatic heterocycles. The summed E-state index contributed by atoms with van der Waals surface area (Å²) < 4.78 is 5.90. The van der Waals surface area contributed by atoms with E-state index < -0.39 is 6.29 Å². The van der Waals surface area contributed by atoms with Gasteiger partial charge in [-0.05, 0) is 35.0 Å². The predicted molar refractivity (Wildman–Crippen MR) is 46.5 cm³/mol. The lowest BCUT2D eigenvalue weighted by molar-refractivity contribution is -0.000856. The van der Waals surface area contributed by atoms with Gasteiger partial charge in [-0.1, -0.05) is 12.1 Å². The molecule has 0 radical (unpaired) electrons. The molecule has 1 rings (SSSR count).